The van der Waals surface area contributed by atoms with Crippen LogP contribution in [0.3, 0.4) is 0 Å². The fourth-order valence-corrected chi connectivity index (χ4v) is 3.84. The van der Waals surface area contributed by atoms with Crippen molar-refractivity contribution < 1.29 is 9.53 Å². The van der Waals surface area contributed by atoms with Crippen molar-refractivity contribution in [3.05, 3.63) is 18.2 Å². The Bertz CT molecular complexity index is 729. The largest absolute Gasteiger partial charge is 0.378 e. The van der Waals surface area contributed by atoms with Crippen molar-refractivity contribution in [3.8, 4) is 0 Å². The number of ether oxygens (including phenoxy) is 1. The molecule has 3 rings (SSSR count). The third kappa shape index (κ3) is 4.61. The Balaban J connectivity index is 0.00000225. The van der Waals surface area contributed by atoms with E-state index < -0.39 is 5.54 Å². The minimum atomic E-state index is -0.851. The molecule has 2 heterocycles. The second kappa shape index (κ2) is 8.31. The fraction of sp³-hybridized carbons (Fsp3) is 0.529. The first kappa shape index (κ1) is 19.9. The molecule has 2 aromatic rings. The highest BCUT2D eigenvalue weighted by Gasteiger charge is 2.27. The summed E-state index contributed by atoms with van der Waals surface area (Å²) in [6.07, 6.45) is 1.53. The van der Waals surface area contributed by atoms with Gasteiger partial charge in [0.05, 0.1) is 29.0 Å². The molecule has 3 N–H and O–H groups in total. The van der Waals surface area contributed by atoms with Gasteiger partial charge in [-0.3, -0.25) is 4.79 Å². The fourth-order valence-electron chi connectivity index (χ4n) is 2.79. The topological polar surface area (TPSA) is 80.5 Å². The molecule has 0 radical (unpaired) electrons. The third-order valence-corrected chi connectivity index (χ3v) is 5.28. The summed E-state index contributed by atoms with van der Waals surface area (Å²) in [6.45, 7) is 7.01. The lowest BCUT2D eigenvalue weighted by molar-refractivity contribution is -0.120. The van der Waals surface area contributed by atoms with Crippen molar-refractivity contribution in [2.45, 2.75) is 32.2 Å². The van der Waals surface area contributed by atoms with Crippen LogP contribution >= 0.6 is 23.7 Å². The molecule has 1 unspecified atom stereocenters. The molecule has 0 bridgehead atoms. The molecule has 6 nitrogen and oxygen atoms in total. The van der Waals surface area contributed by atoms with Gasteiger partial charge in [0.15, 0.2) is 5.13 Å². The molecule has 1 aliphatic rings. The van der Waals surface area contributed by atoms with Crippen molar-refractivity contribution in [2.75, 3.05) is 36.5 Å². The van der Waals surface area contributed by atoms with Gasteiger partial charge in [-0.2, -0.15) is 0 Å². The van der Waals surface area contributed by atoms with E-state index >= 15 is 0 Å². The van der Waals surface area contributed by atoms with Gasteiger partial charge in [0.25, 0.3) is 0 Å². The van der Waals surface area contributed by atoms with Gasteiger partial charge in [-0.1, -0.05) is 24.7 Å². The molecule has 8 heteroatoms. The van der Waals surface area contributed by atoms with E-state index in [9.17, 15) is 4.79 Å². The molecule has 1 aromatic carbocycles. The Kier molecular flexibility index (Phi) is 6.62. The van der Waals surface area contributed by atoms with Crippen molar-refractivity contribution in [2.24, 2.45) is 5.73 Å². The number of hydrogen-bond acceptors (Lipinski definition) is 6. The van der Waals surface area contributed by atoms with Gasteiger partial charge in [0.2, 0.25) is 5.91 Å². The van der Waals surface area contributed by atoms with E-state index in [0.717, 1.165) is 53.8 Å². The van der Waals surface area contributed by atoms with Crippen LogP contribution in [0.25, 0.3) is 10.2 Å². The number of thiazole rings is 1. The number of aromatic nitrogens is 1. The van der Waals surface area contributed by atoms with Crippen LogP contribution in [0.2, 0.25) is 0 Å². The highest BCUT2D eigenvalue weighted by atomic mass is 35.5. The average molecular weight is 385 g/mol. The molecular weight excluding hydrogens is 360 g/mol. The normalized spacial score (nSPS) is 17.0. The van der Waals surface area contributed by atoms with E-state index in [4.69, 9.17) is 10.5 Å². The zero-order valence-electron chi connectivity index (χ0n) is 14.6. The van der Waals surface area contributed by atoms with E-state index in [2.05, 4.69) is 15.2 Å². The molecule has 1 amide bonds. The molecule has 138 valence electrons. The van der Waals surface area contributed by atoms with Crippen LogP contribution in [0, 0.1) is 0 Å². The predicted molar refractivity (Wildman–Crippen MR) is 106 cm³/mol. The number of fused-ring (bicyclic) bond motifs is 1. The predicted octanol–water partition coefficient (Wildman–Crippen LogP) is 3.01. The minimum absolute atomic E-state index is 0. The maximum absolute atomic E-state index is 12.3. The summed E-state index contributed by atoms with van der Waals surface area (Å²) in [5, 5.41) is 3.94. The Hall–Kier alpha value is -1.41. The number of benzene rings is 1. The lowest BCUT2D eigenvalue weighted by atomic mass is 9.96. The van der Waals surface area contributed by atoms with Crippen molar-refractivity contribution in [3.63, 3.8) is 0 Å². The zero-order chi connectivity index (χ0) is 17.2. The van der Waals surface area contributed by atoms with Crippen LogP contribution in [0.5, 0.6) is 0 Å². The van der Waals surface area contributed by atoms with E-state index in [-0.39, 0.29) is 18.3 Å². The smallest absolute Gasteiger partial charge is 0.244 e. The molecule has 1 fully saturated rings. The van der Waals surface area contributed by atoms with Gasteiger partial charge in [-0.25, -0.2) is 4.98 Å². The number of carbonyl (C=O) groups is 1. The monoisotopic (exact) mass is 384 g/mol. The third-order valence-electron chi connectivity index (χ3n) is 4.20. The summed E-state index contributed by atoms with van der Waals surface area (Å²) in [5.41, 5.74) is 6.95. The molecule has 25 heavy (non-hydrogen) atoms. The molecule has 0 saturated carbocycles. The highest BCUT2D eigenvalue weighted by molar-refractivity contribution is 7.22. The number of nitrogens with two attached hydrogens (primary N) is 1. The van der Waals surface area contributed by atoms with E-state index in [0.29, 0.717) is 6.42 Å². The second-order valence-electron chi connectivity index (χ2n) is 6.40. The lowest BCUT2D eigenvalue weighted by Gasteiger charge is -2.25. The first-order valence-electron chi connectivity index (χ1n) is 8.33. The number of rotatable bonds is 5. The van der Waals surface area contributed by atoms with E-state index in [1.807, 2.05) is 25.1 Å². The molecule has 0 aliphatic carbocycles. The van der Waals surface area contributed by atoms with Crippen LogP contribution < -0.4 is 16.0 Å². The summed E-state index contributed by atoms with van der Waals surface area (Å²) < 4.78 is 6.44. The number of nitrogens with zero attached hydrogens (tertiary/aromatic N) is 2. The molecular formula is C17H25ClN4O2S. The first-order valence-corrected chi connectivity index (χ1v) is 9.15. The molecule has 1 saturated heterocycles. The second-order valence-corrected chi connectivity index (χ2v) is 7.41. The first-order chi connectivity index (χ1) is 11.5. The van der Waals surface area contributed by atoms with Gasteiger partial charge >= 0.3 is 0 Å². The Morgan fingerprint density at radius 1 is 1.44 bits per heavy atom. The van der Waals surface area contributed by atoms with Crippen molar-refractivity contribution >= 4 is 50.7 Å². The summed E-state index contributed by atoms with van der Waals surface area (Å²) >= 11 is 1.64. The van der Waals surface area contributed by atoms with Crippen molar-refractivity contribution in [1.29, 1.82) is 0 Å². The molecule has 1 aromatic heterocycles. The summed E-state index contributed by atoms with van der Waals surface area (Å²) in [7, 11) is 0. The van der Waals surface area contributed by atoms with E-state index in [1.54, 1.807) is 18.3 Å². The van der Waals surface area contributed by atoms with Gasteiger partial charge < -0.3 is 20.7 Å². The molecule has 0 spiro atoms. The number of anilines is 2. The van der Waals surface area contributed by atoms with Gasteiger partial charge in [-0.15, -0.1) is 12.4 Å². The van der Waals surface area contributed by atoms with Crippen LogP contribution in [0.15, 0.2) is 18.2 Å². The molecule has 1 aliphatic heterocycles. The quantitative estimate of drug-likeness (QED) is 0.828. The number of hydrogen-bond donors (Lipinski definition) is 2. The van der Waals surface area contributed by atoms with Crippen LogP contribution in [0.1, 0.15) is 26.7 Å². The SMILES string of the molecule is CCCC(C)(N)C(=O)Nc1ccc2nc(N3CCOCC3)sc2c1.Cl. The summed E-state index contributed by atoms with van der Waals surface area (Å²) in [6, 6.07) is 5.79. The van der Waals surface area contributed by atoms with E-state index in [1.165, 1.54) is 0 Å². The van der Waals surface area contributed by atoms with Crippen LogP contribution in [-0.4, -0.2) is 42.7 Å². The Morgan fingerprint density at radius 3 is 2.84 bits per heavy atom. The molecule has 1 atom stereocenters. The summed E-state index contributed by atoms with van der Waals surface area (Å²) in [5.74, 6) is -0.151. The number of nitrogens with one attached hydrogen (secondary N) is 1. The summed E-state index contributed by atoms with van der Waals surface area (Å²) in [4.78, 5) is 19.3. The van der Waals surface area contributed by atoms with Crippen LogP contribution in [0.4, 0.5) is 10.8 Å². The Morgan fingerprint density at radius 2 is 2.16 bits per heavy atom. The van der Waals surface area contributed by atoms with Crippen LogP contribution in [-0.2, 0) is 9.53 Å². The zero-order valence-corrected chi connectivity index (χ0v) is 16.2. The standard InChI is InChI=1S/C17H24N4O2S.ClH/c1-3-6-17(2,18)15(22)19-12-4-5-13-14(11-12)24-16(20-13)21-7-9-23-10-8-21;/h4-5,11H,3,6-10,18H2,1-2H3,(H,19,22);1H. The Labute approximate surface area is 158 Å². The van der Waals surface area contributed by atoms with Gasteiger partial charge in [0.1, 0.15) is 0 Å². The van der Waals surface area contributed by atoms with Gasteiger partial charge in [-0.05, 0) is 31.5 Å². The number of carbonyl (C=O) groups excluding carboxylic acids is 1. The average Bonchev–Trinajstić information content (AvgIpc) is 2.99. The maximum atomic E-state index is 12.3. The van der Waals surface area contributed by atoms with Crippen molar-refractivity contribution in [1.82, 2.24) is 4.98 Å². The number of halogens is 1. The lowest BCUT2D eigenvalue weighted by Crippen LogP contribution is -2.48. The number of amides is 1. The maximum Gasteiger partial charge on any atom is 0.244 e. The van der Waals surface area contributed by atoms with Gasteiger partial charge in [0, 0.05) is 18.8 Å². The number of morpholine rings is 1. The highest BCUT2D eigenvalue weighted by Crippen LogP contribution is 2.31. The minimum Gasteiger partial charge on any atom is -0.378 e.